The number of esters is 1. The molecule has 0 unspecified atom stereocenters. The molecule has 7 nitrogen and oxygen atoms in total. The Balaban J connectivity index is 1.83. The van der Waals surface area contributed by atoms with Gasteiger partial charge in [-0.25, -0.2) is 9.59 Å². The van der Waals surface area contributed by atoms with E-state index in [0.717, 1.165) is 25.7 Å². The summed E-state index contributed by atoms with van der Waals surface area (Å²) in [4.78, 5) is 35.9. The van der Waals surface area contributed by atoms with E-state index in [0.29, 0.717) is 5.02 Å². The molecule has 1 aromatic rings. The smallest absolute Gasteiger partial charge is 0.338 e. The van der Waals surface area contributed by atoms with E-state index in [2.05, 4.69) is 10.6 Å². The van der Waals surface area contributed by atoms with E-state index in [1.165, 1.54) is 31.5 Å². The second kappa shape index (κ2) is 8.71. The van der Waals surface area contributed by atoms with E-state index in [-0.39, 0.29) is 17.3 Å². The van der Waals surface area contributed by atoms with Crippen molar-refractivity contribution in [2.45, 2.75) is 51.2 Å². The van der Waals surface area contributed by atoms with Crippen LogP contribution in [0.25, 0.3) is 0 Å². The minimum atomic E-state index is -1.12. The van der Waals surface area contributed by atoms with Crippen LogP contribution in [-0.2, 0) is 9.53 Å². The van der Waals surface area contributed by atoms with E-state index in [4.69, 9.17) is 22.1 Å². The van der Waals surface area contributed by atoms with Crippen LogP contribution >= 0.6 is 11.6 Å². The summed E-state index contributed by atoms with van der Waals surface area (Å²) in [5.74, 6) is -1.41. The maximum absolute atomic E-state index is 12.0. The number of halogens is 1. The summed E-state index contributed by atoms with van der Waals surface area (Å²) in [5.41, 5.74) is 6.04. The first kappa shape index (κ1) is 19.1. The lowest BCUT2D eigenvalue weighted by atomic mass is 9.96. The maximum Gasteiger partial charge on any atom is 0.338 e. The molecule has 25 heavy (non-hydrogen) atoms. The average molecular weight is 368 g/mol. The Morgan fingerprint density at radius 2 is 1.92 bits per heavy atom. The van der Waals surface area contributed by atoms with Crippen LogP contribution in [0.1, 0.15) is 49.4 Å². The van der Waals surface area contributed by atoms with Crippen LogP contribution in [0.3, 0.4) is 0 Å². The summed E-state index contributed by atoms with van der Waals surface area (Å²) in [5, 5.41) is 5.27. The van der Waals surface area contributed by atoms with E-state index < -0.39 is 24.0 Å². The van der Waals surface area contributed by atoms with Crippen molar-refractivity contribution in [2.75, 3.05) is 5.73 Å². The molecule has 0 saturated heterocycles. The number of urea groups is 1. The van der Waals surface area contributed by atoms with Gasteiger partial charge in [-0.3, -0.25) is 10.1 Å². The van der Waals surface area contributed by atoms with Crippen LogP contribution in [0.2, 0.25) is 5.02 Å². The Bertz CT molecular complexity index is 659. The number of hydrogen-bond donors (Lipinski definition) is 3. The number of ether oxygens (including phenoxy) is 1. The molecule has 1 aromatic carbocycles. The van der Waals surface area contributed by atoms with Crippen LogP contribution in [0.5, 0.6) is 0 Å². The number of imide groups is 1. The molecule has 0 aliphatic heterocycles. The molecule has 0 spiro atoms. The van der Waals surface area contributed by atoms with Gasteiger partial charge in [-0.05, 0) is 38.0 Å². The summed E-state index contributed by atoms with van der Waals surface area (Å²) in [6.07, 6.45) is 3.99. The van der Waals surface area contributed by atoms with Crippen LogP contribution in [-0.4, -0.2) is 30.1 Å². The molecule has 1 fully saturated rings. The van der Waals surface area contributed by atoms with Gasteiger partial charge in [0.25, 0.3) is 5.91 Å². The third-order valence-electron chi connectivity index (χ3n) is 4.06. The van der Waals surface area contributed by atoms with Crippen molar-refractivity contribution in [3.8, 4) is 0 Å². The SMILES string of the molecule is C[C@H](OC(=O)c1ccc(Cl)c(N)c1)C(=O)NC(=O)NC1CCCCC1. The number of nitrogen functional groups attached to an aromatic ring is 1. The van der Waals surface area contributed by atoms with Gasteiger partial charge in [0.05, 0.1) is 16.3 Å². The number of carbonyl (C=O) groups is 3. The zero-order chi connectivity index (χ0) is 18.4. The number of nitrogens with two attached hydrogens (primary N) is 1. The lowest BCUT2D eigenvalue weighted by Gasteiger charge is -2.23. The van der Waals surface area contributed by atoms with E-state index >= 15 is 0 Å². The van der Waals surface area contributed by atoms with Crippen molar-refractivity contribution in [3.63, 3.8) is 0 Å². The van der Waals surface area contributed by atoms with Gasteiger partial charge in [-0.1, -0.05) is 30.9 Å². The standard InChI is InChI=1S/C17H22ClN3O4/c1-10(25-16(23)11-7-8-13(18)14(19)9-11)15(22)21-17(24)20-12-5-3-2-4-6-12/h7-10,12H,2-6,19H2,1H3,(H2,20,21,22,24)/t10-/m0/s1. The summed E-state index contributed by atoms with van der Waals surface area (Å²) < 4.78 is 5.05. The van der Waals surface area contributed by atoms with Gasteiger partial charge in [0.1, 0.15) is 0 Å². The monoisotopic (exact) mass is 367 g/mol. The van der Waals surface area contributed by atoms with Crippen LogP contribution in [0, 0.1) is 0 Å². The minimum Gasteiger partial charge on any atom is -0.449 e. The second-order valence-corrected chi connectivity index (χ2v) is 6.49. The number of benzene rings is 1. The molecule has 4 N–H and O–H groups in total. The minimum absolute atomic E-state index is 0.0800. The molecule has 3 amide bonds. The molecule has 136 valence electrons. The predicted octanol–water partition coefficient (Wildman–Crippen LogP) is 2.63. The zero-order valence-electron chi connectivity index (χ0n) is 14.0. The normalized spacial score (nSPS) is 15.9. The molecule has 0 heterocycles. The topological polar surface area (TPSA) is 111 Å². The Labute approximate surface area is 151 Å². The fourth-order valence-electron chi connectivity index (χ4n) is 2.63. The molecule has 1 aliphatic carbocycles. The molecule has 8 heteroatoms. The first-order chi connectivity index (χ1) is 11.9. The highest BCUT2D eigenvalue weighted by atomic mass is 35.5. The van der Waals surface area contributed by atoms with Crippen LogP contribution in [0.4, 0.5) is 10.5 Å². The molecule has 0 bridgehead atoms. The molecule has 0 aromatic heterocycles. The van der Waals surface area contributed by atoms with Crippen molar-refractivity contribution < 1.29 is 19.1 Å². The first-order valence-corrected chi connectivity index (χ1v) is 8.62. The van der Waals surface area contributed by atoms with Crippen molar-refractivity contribution >= 4 is 35.2 Å². The van der Waals surface area contributed by atoms with Gasteiger partial charge in [0.2, 0.25) is 0 Å². The Morgan fingerprint density at radius 1 is 1.24 bits per heavy atom. The van der Waals surface area contributed by atoms with Crippen molar-refractivity contribution in [1.29, 1.82) is 0 Å². The lowest BCUT2D eigenvalue weighted by molar-refractivity contribution is -0.127. The number of hydrogen-bond acceptors (Lipinski definition) is 5. The molecule has 0 radical (unpaired) electrons. The largest absolute Gasteiger partial charge is 0.449 e. The van der Waals surface area contributed by atoms with Gasteiger partial charge in [-0.15, -0.1) is 0 Å². The number of anilines is 1. The summed E-state index contributed by atoms with van der Waals surface area (Å²) in [6.45, 7) is 1.39. The van der Waals surface area contributed by atoms with Gasteiger partial charge in [-0.2, -0.15) is 0 Å². The first-order valence-electron chi connectivity index (χ1n) is 8.24. The van der Waals surface area contributed by atoms with E-state index in [1.54, 1.807) is 0 Å². The number of nitrogens with one attached hydrogen (secondary N) is 2. The van der Waals surface area contributed by atoms with Gasteiger partial charge >= 0.3 is 12.0 Å². The highest BCUT2D eigenvalue weighted by molar-refractivity contribution is 6.33. The number of carbonyl (C=O) groups excluding carboxylic acids is 3. The predicted molar refractivity (Wildman–Crippen MR) is 94.3 cm³/mol. The molecule has 1 aliphatic rings. The summed E-state index contributed by atoms with van der Waals surface area (Å²) >= 11 is 5.79. The fourth-order valence-corrected chi connectivity index (χ4v) is 2.75. The Kier molecular flexibility index (Phi) is 6.64. The molecular weight excluding hydrogens is 346 g/mol. The molecular formula is C17H22ClN3O4. The zero-order valence-corrected chi connectivity index (χ0v) is 14.8. The quantitative estimate of drug-likeness (QED) is 0.559. The highest BCUT2D eigenvalue weighted by Gasteiger charge is 2.23. The number of amides is 3. The van der Waals surface area contributed by atoms with Crippen molar-refractivity contribution in [3.05, 3.63) is 28.8 Å². The Hall–Kier alpha value is -2.28. The second-order valence-electron chi connectivity index (χ2n) is 6.08. The van der Waals surface area contributed by atoms with Gasteiger partial charge in [0, 0.05) is 6.04 Å². The maximum atomic E-state index is 12.0. The van der Waals surface area contributed by atoms with Gasteiger partial charge < -0.3 is 15.8 Å². The van der Waals surface area contributed by atoms with Gasteiger partial charge in [0.15, 0.2) is 6.10 Å². The lowest BCUT2D eigenvalue weighted by Crippen LogP contribution is -2.48. The van der Waals surface area contributed by atoms with Crippen molar-refractivity contribution in [2.24, 2.45) is 0 Å². The van der Waals surface area contributed by atoms with E-state index in [9.17, 15) is 14.4 Å². The van der Waals surface area contributed by atoms with Crippen LogP contribution in [0.15, 0.2) is 18.2 Å². The van der Waals surface area contributed by atoms with Crippen molar-refractivity contribution in [1.82, 2.24) is 10.6 Å². The molecule has 2 rings (SSSR count). The third kappa shape index (κ3) is 5.63. The Morgan fingerprint density at radius 3 is 2.56 bits per heavy atom. The summed E-state index contributed by atoms with van der Waals surface area (Å²) in [7, 11) is 0. The fraction of sp³-hybridized carbons (Fsp3) is 0.471. The highest BCUT2D eigenvalue weighted by Crippen LogP contribution is 2.20. The molecule has 1 saturated carbocycles. The van der Waals surface area contributed by atoms with E-state index in [1.807, 2.05) is 0 Å². The number of rotatable bonds is 4. The van der Waals surface area contributed by atoms with Crippen LogP contribution < -0.4 is 16.4 Å². The molecule has 1 atom stereocenters. The third-order valence-corrected chi connectivity index (χ3v) is 4.41. The summed E-state index contributed by atoms with van der Waals surface area (Å²) in [6, 6.07) is 3.79. The average Bonchev–Trinajstić information content (AvgIpc) is 2.57.